The van der Waals surface area contributed by atoms with Gasteiger partial charge in [-0.15, -0.1) is 0 Å². The van der Waals surface area contributed by atoms with E-state index in [0.29, 0.717) is 12.5 Å². The summed E-state index contributed by atoms with van der Waals surface area (Å²) < 4.78 is 11.9. The van der Waals surface area contributed by atoms with Gasteiger partial charge in [0, 0.05) is 41.7 Å². The second kappa shape index (κ2) is 11.1. The molecule has 1 saturated heterocycles. The Morgan fingerprint density at radius 1 is 1.05 bits per heavy atom. The Morgan fingerprint density at radius 2 is 1.78 bits per heavy atom. The molecule has 2 heterocycles. The van der Waals surface area contributed by atoms with E-state index >= 15 is 0 Å². The highest BCUT2D eigenvalue weighted by atomic mass is 16.5. The summed E-state index contributed by atoms with van der Waals surface area (Å²) in [6.07, 6.45) is 6.74. The number of allylic oxidation sites excluding steroid dienone is 1. The van der Waals surface area contributed by atoms with Crippen molar-refractivity contribution in [1.29, 1.82) is 0 Å². The number of carbonyl (C=O) groups is 1. The molecule has 0 radical (unpaired) electrons. The molecule has 1 aromatic heterocycles. The lowest BCUT2D eigenvalue weighted by Crippen LogP contribution is -2.38. The third-order valence-electron chi connectivity index (χ3n) is 7.40. The monoisotopic (exact) mass is 493 g/mol. The molecule has 0 saturated carbocycles. The maximum atomic E-state index is 13.2. The summed E-state index contributed by atoms with van der Waals surface area (Å²) in [6, 6.07) is 23.1. The van der Waals surface area contributed by atoms with E-state index in [1.165, 1.54) is 11.1 Å². The van der Waals surface area contributed by atoms with E-state index in [2.05, 4.69) is 67.6 Å². The van der Waals surface area contributed by atoms with Crippen molar-refractivity contribution in [3.05, 3.63) is 95.8 Å². The van der Waals surface area contributed by atoms with Gasteiger partial charge in [-0.3, -0.25) is 4.79 Å². The van der Waals surface area contributed by atoms with Crippen LogP contribution in [0.15, 0.2) is 83.5 Å². The predicted octanol–water partition coefficient (Wildman–Crippen LogP) is 7.69. The number of aryl methyl sites for hydroxylation is 1. The molecule has 0 spiro atoms. The van der Waals surface area contributed by atoms with Crippen molar-refractivity contribution in [2.75, 3.05) is 19.7 Å². The fourth-order valence-electron chi connectivity index (χ4n) is 5.25. The van der Waals surface area contributed by atoms with Crippen LogP contribution in [0.3, 0.4) is 0 Å². The highest BCUT2D eigenvalue weighted by Crippen LogP contribution is 2.37. The number of hydrogen-bond donors (Lipinski definition) is 0. The van der Waals surface area contributed by atoms with Gasteiger partial charge in [0.1, 0.15) is 11.3 Å². The molecule has 0 aliphatic carbocycles. The van der Waals surface area contributed by atoms with Gasteiger partial charge in [-0.1, -0.05) is 60.2 Å². The first kappa shape index (κ1) is 24.9. The number of fused-ring (bicyclic) bond motifs is 1. The first-order valence-electron chi connectivity index (χ1n) is 13.3. The Morgan fingerprint density at radius 3 is 2.49 bits per heavy atom. The molecule has 4 heteroatoms. The van der Waals surface area contributed by atoms with Crippen molar-refractivity contribution in [1.82, 2.24) is 4.90 Å². The smallest absolute Gasteiger partial charge is 0.246 e. The molecule has 1 fully saturated rings. The van der Waals surface area contributed by atoms with E-state index in [-0.39, 0.29) is 5.91 Å². The van der Waals surface area contributed by atoms with E-state index in [1.54, 1.807) is 12.3 Å². The van der Waals surface area contributed by atoms with E-state index in [4.69, 9.17) is 9.15 Å². The van der Waals surface area contributed by atoms with Crippen molar-refractivity contribution >= 4 is 22.4 Å². The van der Waals surface area contributed by atoms with Crippen molar-refractivity contribution in [2.45, 2.75) is 40.0 Å². The zero-order valence-corrected chi connectivity index (χ0v) is 22.0. The quantitative estimate of drug-likeness (QED) is 0.248. The number of piperidine rings is 1. The Labute approximate surface area is 219 Å². The fraction of sp³-hybridized carbons (Fsp3) is 0.303. The Balaban J connectivity index is 1.35. The first-order chi connectivity index (χ1) is 18.0. The van der Waals surface area contributed by atoms with Crippen LogP contribution in [-0.2, 0) is 11.2 Å². The zero-order valence-electron chi connectivity index (χ0n) is 22.0. The molecule has 0 bridgehead atoms. The Bertz CT molecular complexity index is 1390. The van der Waals surface area contributed by atoms with Gasteiger partial charge in [-0.2, -0.15) is 0 Å². The second-order valence-electron chi connectivity index (χ2n) is 10.1. The lowest BCUT2D eigenvalue weighted by Gasteiger charge is -2.31. The minimum absolute atomic E-state index is 0.0733. The predicted molar refractivity (Wildman–Crippen MR) is 151 cm³/mol. The molecule has 4 aromatic rings. The van der Waals surface area contributed by atoms with Gasteiger partial charge in [0.15, 0.2) is 0 Å². The molecule has 5 rings (SSSR count). The minimum atomic E-state index is 0.0733. The third kappa shape index (κ3) is 5.64. The van der Waals surface area contributed by atoms with Crippen LogP contribution in [0.2, 0.25) is 0 Å². The summed E-state index contributed by atoms with van der Waals surface area (Å²) >= 11 is 0. The van der Waals surface area contributed by atoms with Crippen LogP contribution >= 0.6 is 0 Å². The number of furan rings is 1. The van der Waals surface area contributed by atoms with Crippen molar-refractivity contribution in [3.8, 4) is 16.9 Å². The van der Waals surface area contributed by atoms with Gasteiger partial charge >= 0.3 is 0 Å². The molecule has 0 atom stereocenters. The lowest BCUT2D eigenvalue weighted by molar-refractivity contribution is -0.127. The third-order valence-corrected chi connectivity index (χ3v) is 7.40. The Hall–Kier alpha value is -3.79. The summed E-state index contributed by atoms with van der Waals surface area (Å²) in [7, 11) is 0. The normalized spacial score (nSPS) is 14.8. The van der Waals surface area contributed by atoms with Crippen LogP contribution in [0, 0.1) is 12.8 Å². The minimum Gasteiger partial charge on any atom is -0.493 e. The number of carbonyl (C=O) groups excluding carboxylic acids is 1. The van der Waals surface area contributed by atoms with Gasteiger partial charge in [0.05, 0.1) is 12.9 Å². The number of nitrogens with zero attached hydrogens (tertiary/aromatic N) is 1. The molecule has 1 aliphatic heterocycles. The zero-order chi connectivity index (χ0) is 25.8. The van der Waals surface area contributed by atoms with Crippen LogP contribution in [0.1, 0.15) is 43.4 Å². The molecule has 4 nitrogen and oxygen atoms in total. The topological polar surface area (TPSA) is 42.7 Å². The number of likely N-dealkylation sites (tertiary alicyclic amines) is 1. The van der Waals surface area contributed by atoms with Crippen LogP contribution in [0.4, 0.5) is 0 Å². The van der Waals surface area contributed by atoms with E-state index in [1.807, 2.05) is 24.8 Å². The highest BCUT2D eigenvalue weighted by Gasteiger charge is 2.23. The van der Waals surface area contributed by atoms with Gasteiger partial charge < -0.3 is 14.1 Å². The number of benzene rings is 3. The van der Waals surface area contributed by atoms with Crippen LogP contribution in [0.25, 0.3) is 27.7 Å². The second-order valence-corrected chi connectivity index (χ2v) is 10.1. The highest BCUT2D eigenvalue weighted by molar-refractivity contribution is 6.00. The molecule has 1 aliphatic rings. The molecule has 3 aromatic carbocycles. The average Bonchev–Trinajstić information content (AvgIpc) is 3.32. The van der Waals surface area contributed by atoms with Crippen LogP contribution in [0.5, 0.6) is 5.75 Å². The first-order valence-corrected chi connectivity index (χ1v) is 13.3. The average molecular weight is 494 g/mol. The molecule has 190 valence electrons. The fourth-order valence-corrected chi connectivity index (χ4v) is 5.25. The number of hydrogen-bond acceptors (Lipinski definition) is 3. The van der Waals surface area contributed by atoms with E-state index in [0.717, 1.165) is 71.3 Å². The summed E-state index contributed by atoms with van der Waals surface area (Å²) in [5.41, 5.74) is 7.36. The van der Waals surface area contributed by atoms with Crippen molar-refractivity contribution in [2.24, 2.45) is 5.92 Å². The van der Waals surface area contributed by atoms with Crippen molar-refractivity contribution < 1.29 is 13.9 Å². The standard InChI is InChI=1S/C33H35NO3/c1-4-36-31-21-32-29(30(22-37-32)27-12-10-23(2)11-13-27)20-28(31)24(3)18-33(35)34-16-14-26(15-17-34)19-25-8-6-5-7-9-25/h5-13,18,20-22,26H,4,14-17,19H2,1-3H3/b24-18+. The Kier molecular flexibility index (Phi) is 7.45. The largest absolute Gasteiger partial charge is 0.493 e. The summed E-state index contributed by atoms with van der Waals surface area (Å²) in [6.45, 7) is 8.20. The van der Waals surface area contributed by atoms with Gasteiger partial charge in [-0.25, -0.2) is 0 Å². The van der Waals surface area contributed by atoms with Gasteiger partial charge in [0.25, 0.3) is 0 Å². The van der Waals surface area contributed by atoms with Crippen LogP contribution < -0.4 is 4.74 Å². The molecule has 37 heavy (non-hydrogen) atoms. The molecular formula is C33H35NO3. The summed E-state index contributed by atoms with van der Waals surface area (Å²) in [4.78, 5) is 15.2. The van der Waals surface area contributed by atoms with Crippen molar-refractivity contribution in [3.63, 3.8) is 0 Å². The molecule has 0 N–H and O–H groups in total. The van der Waals surface area contributed by atoms with Crippen LogP contribution in [-0.4, -0.2) is 30.5 Å². The number of rotatable bonds is 7. The maximum absolute atomic E-state index is 13.2. The van der Waals surface area contributed by atoms with Gasteiger partial charge in [0.2, 0.25) is 5.91 Å². The summed E-state index contributed by atoms with van der Waals surface area (Å²) in [5.74, 6) is 1.44. The maximum Gasteiger partial charge on any atom is 0.246 e. The SMILES string of the molecule is CCOc1cc2occ(-c3ccc(C)cc3)c2cc1/C(C)=C/C(=O)N1CCC(Cc2ccccc2)CC1. The summed E-state index contributed by atoms with van der Waals surface area (Å²) in [5, 5.41) is 1.02. The molecule has 1 amide bonds. The van der Waals surface area contributed by atoms with Gasteiger partial charge in [-0.05, 0) is 68.7 Å². The number of amides is 1. The number of ether oxygens (including phenoxy) is 1. The van der Waals surface area contributed by atoms with E-state index < -0.39 is 0 Å². The van der Waals surface area contributed by atoms with E-state index in [9.17, 15) is 4.79 Å². The molecular weight excluding hydrogens is 458 g/mol. The molecule has 0 unspecified atom stereocenters. The lowest BCUT2D eigenvalue weighted by atomic mass is 9.90.